The molecule has 4 rings (SSSR count). The molecule has 0 aromatic carbocycles. The third-order valence-electron chi connectivity index (χ3n) is 5.58. The number of hydrogen-bond donors (Lipinski definition) is 0. The molecule has 4 aliphatic rings. The molecule has 0 atom stereocenters. The fraction of sp³-hybridized carbons (Fsp3) is 0.800. The molecule has 2 heterocycles. The molecule has 0 unspecified atom stereocenters. The van der Waals surface area contributed by atoms with Crippen LogP contribution in [0.4, 0.5) is 4.39 Å². The van der Waals surface area contributed by atoms with Crippen LogP contribution in [0.5, 0.6) is 0 Å². The van der Waals surface area contributed by atoms with Crippen LogP contribution in [0, 0.1) is 0 Å². The lowest BCUT2D eigenvalue weighted by atomic mass is 9.89. The van der Waals surface area contributed by atoms with E-state index < -0.39 is 17.6 Å². The molecule has 2 spiro atoms. The second kappa shape index (κ2) is 9.43. The Morgan fingerprint density at radius 1 is 0.893 bits per heavy atom. The van der Waals surface area contributed by atoms with Crippen molar-refractivity contribution in [1.29, 1.82) is 0 Å². The number of ketones is 1. The van der Waals surface area contributed by atoms with Gasteiger partial charge in [0, 0.05) is 38.5 Å². The smallest absolute Gasteiger partial charge is 0.367 e. The Labute approximate surface area is 164 Å². The van der Waals surface area contributed by atoms with E-state index >= 15 is 0 Å². The van der Waals surface area contributed by atoms with Gasteiger partial charge in [-0.25, -0.2) is 4.79 Å². The summed E-state index contributed by atoms with van der Waals surface area (Å²) in [4.78, 5) is 22.1. The van der Waals surface area contributed by atoms with Crippen LogP contribution >= 0.6 is 0 Å². The van der Waals surface area contributed by atoms with Crippen molar-refractivity contribution in [1.82, 2.24) is 0 Å². The second-order valence-corrected chi connectivity index (χ2v) is 7.39. The topological polar surface area (TPSA) is 80.3 Å². The Balaban J connectivity index is 0.000000176. The summed E-state index contributed by atoms with van der Waals surface area (Å²) < 4.78 is 40.3. The molecule has 0 bridgehead atoms. The summed E-state index contributed by atoms with van der Waals surface area (Å²) in [5, 5.41) is 0. The van der Waals surface area contributed by atoms with E-state index in [-0.39, 0.29) is 12.4 Å². The minimum Gasteiger partial charge on any atom is -0.461 e. The number of ether oxygens (including phenoxy) is 5. The van der Waals surface area contributed by atoms with E-state index in [0.29, 0.717) is 76.3 Å². The first-order valence-corrected chi connectivity index (χ1v) is 10.1. The van der Waals surface area contributed by atoms with Gasteiger partial charge in [0.15, 0.2) is 11.6 Å². The number of rotatable bonds is 2. The zero-order valence-electron chi connectivity index (χ0n) is 16.4. The largest absolute Gasteiger partial charge is 0.461 e. The Hall–Kier alpha value is -1.35. The molecule has 2 aliphatic heterocycles. The Kier molecular flexibility index (Phi) is 7.20. The molecule has 0 aromatic rings. The maximum Gasteiger partial charge on any atom is 0.367 e. The molecular formula is C20H29FO7. The van der Waals surface area contributed by atoms with Crippen molar-refractivity contribution in [3.63, 3.8) is 0 Å². The Morgan fingerprint density at radius 3 is 1.75 bits per heavy atom. The highest BCUT2D eigenvalue weighted by molar-refractivity contribution is 5.86. The van der Waals surface area contributed by atoms with Gasteiger partial charge < -0.3 is 23.7 Å². The van der Waals surface area contributed by atoms with Crippen molar-refractivity contribution in [2.24, 2.45) is 0 Å². The number of esters is 1. The van der Waals surface area contributed by atoms with Crippen molar-refractivity contribution in [3.05, 3.63) is 11.4 Å². The number of carbonyl (C=O) groups is 2. The quantitative estimate of drug-likeness (QED) is 0.521. The van der Waals surface area contributed by atoms with Crippen molar-refractivity contribution >= 4 is 11.8 Å². The summed E-state index contributed by atoms with van der Waals surface area (Å²) in [5.41, 5.74) is 0.521. The number of carbonyl (C=O) groups excluding carboxylic acids is 2. The standard InChI is InChI=1S/C12H17FO4.C8H12O3/c1-2-15-11(14)10(13)9-3-5-12(6-4-9)16-7-8-17-12;9-7-1-3-8(4-2-7)10-5-6-11-8/h2-8H2,1H3;1-6H2. The Morgan fingerprint density at radius 2 is 1.32 bits per heavy atom. The van der Waals surface area contributed by atoms with Crippen LogP contribution in [0.2, 0.25) is 0 Å². The SMILES string of the molecule is CCOC(=O)C(F)=C1CCC2(CC1)OCCO2.O=C1CCC2(CC1)OCCO2. The third-order valence-corrected chi connectivity index (χ3v) is 5.58. The molecule has 0 amide bonds. The molecule has 0 radical (unpaired) electrons. The predicted molar refractivity (Wildman–Crippen MR) is 96.0 cm³/mol. The molecule has 2 aliphatic carbocycles. The van der Waals surface area contributed by atoms with Crippen molar-refractivity contribution in [3.8, 4) is 0 Å². The maximum atomic E-state index is 13.7. The van der Waals surface area contributed by atoms with Crippen molar-refractivity contribution < 1.29 is 37.7 Å². The molecule has 158 valence electrons. The summed E-state index contributed by atoms with van der Waals surface area (Å²) in [6.45, 7) is 4.42. The highest BCUT2D eigenvalue weighted by Gasteiger charge is 2.40. The minimum atomic E-state index is -0.855. The van der Waals surface area contributed by atoms with Gasteiger partial charge in [-0.15, -0.1) is 0 Å². The molecule has 0 N–H and O–H groups in total. The fourth-order valence-corrected chi connectivity index (χ4v) is 3.97. The number of hydrogen-bond acceptors (Lipinski definition) is 7. The highest BCUT2D eigenvalue weighted by atomic mass is 19.1. The Bertz CT molecular complexity index is 580. The van der Waals surface area contributed by atoms with E-state index in [4.69, 9.17) is 18.9 Å². The summed E-state index contributed by atoms with van der Waals surface area (Å²) in [6, 6.07) is 0. The lowest BCUT2D eigenvalue weighted by Gasteiger charge is -2.32. The fourth-order valence-electron chi connectivity index (χ4n) is 3.97. The summed E-state index contributed by atoms with van der Waals surface area (Å²) in [7, 11) is 0. The normalized spacial score (nSPS) is 25.5. The van der Waals surface area contributed by atoms with E-state index in [1.807, 2.05) is 0 Å². The van der Waals surface area contributed by atoms with Gasteiger partial charge in [-0.2, -0.15) is 4.39 Å². The van der Waals surface area contributed by atoms with Gasteiger partial charge in [0.25, 0.3) is 0 Å². The number of allylic oxidation sites excluding steroid dienone is 1. The first-order valence-electron chi connectivity index (χ1n) is 10.1. The highest BCUT2D eigenvalue weighted by Crippen LogP contribution is 2.39. The average molecular weight is 400 g/mol. The van der Waals surface area contributed by atoms with Crippen LogP contribution in [-0.2, 0) is 33.3 Å². The number of halogens is 1. The van der Waals surface area contributed by atoms with Crippen LogP contribution in [0.3, 0.4) is 0 Å². The molecule has 0 aromatic heterocycles. The average Bonchev–Trinajstić information content (AvgIpc) is 3.36. The third kappa shape index (κ3) is 5.17. The molecular weight excluding hydrogens is 371 g/mol. The lowest BCUT2D eigenvalue weighted by Crippen LogP contribution is -2.35. The first kappa shape index (κ1) is 21.4. The zero-order chi connectivity index (χ0) is 20.0. The van der Waals surface area contributed by atoms with Gasteiger partial charge in [-0.05, 0) is 25.3 Å². The van der Waals surface area contributed by atoms with Crippen LogP contribution in [-0.4, -0.2) is 56.4 Å². The van der Waals surface area contributed by atoms with Gasteiger partial charge in [0.1, 0.15) is 5.78 Å². The number of Topliss-reactive ketones (excluding diaryl/α,β-unsaturated/α-hetero) is 1. The van der Waals surface area contributed by atoms with Gasteiger partial charge in [0.05, 0.1) is 33.0 Å². The van der Waals surface area contributed by atoms with Crippen molar-refractivity contribution in [2.45, 2.75) is 69.9 Å². The summed E-state index contributed by atoms with van der Waals surface area (Å²) in [5.74, 6) is -2.15. The molecule has 2 saturated carbocycles. The van der Waals surface area contributed by atoms with Crippen molar-refractivity contribution in [2.75, 3.05) is 33.0 Å². The van der Waals surface area contributed by atoms with Gasteiger partial charge in [-0.1, -0.05) is 0 Å². The summed E-state index contributed by atoms with van der Waals surface area (Å²) >= 11 is 0. The van der Waals surface area contributed by atoms with Gasteiger partial charge in [0.2, 0.25) is 5.83 Å². The van der Waals surface area contributed by atoms with Crippen LogP contribution < -0.4 is 0 Å². The van der Waals surface area contributed by atoms with Crippen LogP contribution in [0.1, 0.15) is 58.3 Å². The van der Waals surface area contributed by atoms with E-state index in [1.54, 1.807) is 6.92 Å². The van der Waals surface area contributed by atoms with Gasteiger partial charge in [-0.3, -0.25) is 4.79 Å². The van der Waals surface area contributed by atoms with E-state index in [9.17, 15) is 14.0 Å². The molecule has 2 saturated heterocycles. The maximum absolute atomic E-state index is 13.7. The molecule has 7 nitrogen and oxygen atoms in total. The molecule has 28 heavy (non-hydrogen) atoms. The van der Waals surface area contributed by atoms with E-state index in [1.165, 1.54) is 0 Å². The van der Waals surface area contributed by atoms with E-state index in [2.05, 4.69) is 4.74 Å². The second-order valence-electron chi connectivity index (χ2n) is 7.39. The first-order chi connectivity index (χ1) is 13.5. The van der Waals surface area contributed by atoms with Gasteiger partial charge >= 0.3 is 5.97 Å². The molecule has 4 fully saturated rings. The van der Waals surface area contributed by atoms with Crippen LogP contribution in [0.15, 0.2) is 11.4 Å². The molecule has 8 heteroatoms. The minimum absolute atomic E-state index is 0.190. The predicted octanol–water partition coefficient (Wildman–Crippen LogP) is 2.96. The summed E-state index contributed by atoms with van der Waals surface area (Å²) in [6.07, 6.45) is 4.96. The lowest BCUT2D eigenvalue weighted by molar-refractivity contribution is -0.179. The van der Waals surface area contributed by atoms with E-state index in [0.717, 1.165) is 12.8 Å². The monoisotopic (exact) mass is 400 g/mol. The zero-order valence-corrected chi connectivity index (χ0v) is 16.4. The van der Waals surface area contributed by atoms with Crippen LogP contribution in [0.25, 0.3) is 0 Å².